The van der Waals surface area contributed by atoms with Gasteiger partial charge in [-0.3, -0.25) is 9.59 Å². The van der Waals surface area contributed by atoms with Crippen LogP contribution in [0.15, 0.2) is 36.5 Å². The summed E-state index contributed by atoms with van der Waals surface area (Å²) >= 11 is 0. The fraction of sp³-hybridized carbons (Fsp3) is 0.647. The normalized spacial score (nSPS) is 20.0. The summed E-state index contributed by atoms with van der Waals surface area (Å²) in [6, 6.07) is 10.1. The molecule has 258 valence electrons. The quantitative estimate of drug-likeness (QED) is 0.313. The lowest BCUT2D eigenvalue weighted by molar-refractivity contribution is -0.144. The molecule has 0 aliphatic carbocycles. The minimum atomic E-state index is -0.261. The van der Waals surface area contributed by atoms with E-state index in [1.807, 2.05) is 28.0 Å². The number of nitrogens with zero attached hydrogens (tertiary/aromatic N) is 4. The van der Waals surface area contributed by atoms with Gasteiger partial charge < -0.3 is 29.9 Å². The molecule has 2 fully saturated rings. The average molecular weight is 682 g/mol. The fourth-order valence-electron chi connectivity index (χ4n) is 5.93. The number of morpholine rings is 1. The smallest absolute Gasteiger partial charge is 0.259 e. The topological polar surface area (TPSA) is 109 Å². The molecular weight excluding hydrogens is 627 g/mol. The Hall–Kier alpha value is -2.50. The molecule has 0 saturated carbocycles. The second kappa shape index (κ2) is 18.7. The van der Waals surface area contributed by atoms with E-state index in [9.17, 15) is 9.59 Å². The van der Waals surface area contributed by atoms with Crippen molar-refractivity contribution in [1.82, 2.24) is 25.1 Å². The molecule has 12 heteroatoms. The summed E-state index contributed by atoms with van der Waals surface area (Å²) in [5, 5.41) is 6.85. The van der Waals surface area contributed by atoms with Gasteiger partial charge in [-0.15, -0.1) is 24.8 Å². The molecule has 0 spiro atoms. The van der Waals surface area contributed by atoms with Crippen molar-refractivity contribution < 1.29 is 19.1 Å². The number of hydrogen-bond donors (Lipinski definition) is 2. The van der Waals surface area contributed by atoms with Gasteiger partial charge in [0, 0.05) is 77.1 Å². The number of piperidine rings is 1. The second-order valence-corrected chi connectivity index (χ2v) is 13.5. The molecular formula is C34H54Cl2N6O4. The van der Waals surface area contributed by atoms with Crippen molar-refractivity contribution in [2.45, 2.75) is 71.4 Å². The van der Waals surface area contributed by atoms with Crippen LogP contribution in [-0.4, -0.2) is 103 Å². The largest absolute Gasteiger partial charge is 0.385 e. The van der Waals surface area contributed by atoms with E-state index in [2.05, 4.69) is 62.4 Å². The van der Waals surface area contributed by atoms with E-state index in [4.69, 9.17) is 14.5 Å². The Kier molecular flexibility index (Phi) is 16.2. The molecule has 2 saturated heterocycles. The summed E-state index contributed by atoms with van der Waals surface area (Å²) < 4.78 is 11.2. The number of carbonyl (C=O) groups excluding carboxylic acids is 2. The molecule has 3 atom stereocenters. The van der Waals surface area contributed by atoms with Crippen molar-refractivity contribution in [3.63, 3.8) is 0 Å². The summed E-state index contributed by atoms with van der Waals surface area (Å²) in [6.07, 6.45) is 3.83. The highest BCUT2D eigenvalue weighted by Crippen LogP contribution is 2.26. The van der Waals surface area contributed by atoms with Crippen LogP contribution < -0.4 is 10.6 Å². The van der Waals surface area contributed by atoms with Crippen molar-refractivity contribution in [3.8, 4) is 0 Å². The lowest BCUT2D eigenvalue weighted by Gasteiger charge is -2.41. The maximum Gasteiger partial charge on any atom is 0.259 e. The number of ether oxygens (including phenoxy) is 2. The predicted octanol–water partition coefficient (Wildman–Crippen LogP) is 4.61. The number of halogens is 2. The molecule has 2 amide bonds. The molecule has 1 aromatic carbocycles. The van der Waals surface area contributed by atoms with Gasteiger partial charge in [-0.25, -0.2) is 9.97 Å². The van der Waals surface area contributed by atoms with Crippen LogP contribution in [0.3, 0.4) is 0 Å². The lowest BCUT2D eigenvalue weighted by atomic mass is 9.92. The van der Waals surface area contributed by atoms with Crippen LogP contribution in [0.2, 0.25) is 0 Å². The minimum Gasteiger partial charge on any atom is -0.385 e. The van der Waals surface area contributed by atoms with E-state index < -0.39 is 0 Å². The monoisotopic (exact) mass is 680 g/mol. The summed E-state index contributed by atoms with van der Waals surface area (Å²) in [6.45, 7) is 15.2. The zero-order valence-electron chi connectivity index (χ0n) is 28.3. The minimum absolute atomic E-state index is 0. The third kappa shape index (κ3) is 11.0. The molecule has 46 heavy (non-hydrogen) atoms. The number of amides is 2. The van der Waals surface area contributed by atoms with Gasteiger partial charge in [-0.1, -0.05) is 65.0 Å². The zero-order valence-corrected chi connectivity index (χ0v) is 29.9. The molecule has 2 aromatic rings. The fourth-order valence-corrected chi connectivity index (χ4v) is 5.93. The van der Waals surface area contributed by atoms with Gasteiger partial charge in [0.1, 0.15) is 17.2 Å². The summed E-state index contributed by atoms with van der Waals surface area (Å²) in [5.74, 6) is 1.30. The van der Waals surface area contributed by atoms with Crippen molar-refractivity contribution in [3.05, 3.63) is 53.5 Å². The molecule has 4 rings (SSSR count). The van der Waals surface area contributed by atoms with Gasteiger partial charge in [0.25, 0.3) is 5.91 Å². The third-order valence-corrected chi connectivity index (χ3v) is 8.20. The van der Waals surface area contributed by atoms with Crippen molar-refractivity contribution in [2.75, 3.05) is 64.9 Å². The molecule has 2 aliphatic heterocycles. The summed E-state index contributed by atoms with van der Waals surface area (Å²) in [7, 11) is 1.68. The number of carbonyl (C=O) groups is 2. The average Bonchev–Trinajstić information content (AvgIpc) is 3.01. The predicted molar refractivity (Wildman–Crippen MR) is 187 cm³/mol. The number of anilines is 1. The first-order chi connectivity index (χ1) is 21.1. The summed E-state index contributed by atoms with van der Waals surface area (Å²) in [5.41, 5.74) is 1.41. The maximum atomic E-state index is 14.3. The second-order valence-electron chi connectivity index (χ2n) is 13.5. The van der Waals surface area contributed by atoms with Crippen LogP contribution in [0.1, 0.15) is 69.2 Å². The lowest BCUT2D eigenvalue weighted by Crippen LogP contribution is -2.56. The van der Waals surface area contributed by atoms with Crippen LogP contribution in [-0.2, 0) is 26.1 Å². The number of aromatic nitrogens is 2. The Bertz CT molecular complexity index is 1230. The maximum absolute atomic E-state index is 14.3. The van der Waals surface area contributed by atoms with Gasteiger partial charge in [0.2, 0.25) is 5.91 Å². The number of hydrogen-bond acceptors (Lipinski definition) is 8. The van der Waals surface area contributed by atoms with Gasteiger partial charge in [-0.2, -0.15) is 0 Å². The SMILES string of the molecule is COCCCNc1nc(C(C)(C)C)ncc1C(=O)N(CC(C)C)[C@@H]1CNC[C@H](C(=O)N2CCOC(Cc3ccccc3)C2)C1.Cl.Cl. The summed E-state index contributed by atoms with van der Waals surface area (Å²) in [4.78, 5) is 41.4. The van der Waals surface area contributed by atoms with Crippen LogP contribution in [0, 0.1) is 11.8 Å². The highest BCUT2D eigenvalue weighted by atomic mass is 35.5. The first-order valence-electron chi connectivity index (χ1n) is 16.1. The molecule has 1 aromatic heterocycles. The molecule has 3 heterocycles. The van der Waals surface area contributed by atoms with E-state index >= 15 is 0 Å². The van der Waals surface area contributed by atoms with Crippen molar-refractivity contribution >= 4 is 42.4 Å². The molecule has 0 bridgehead atoms. The van der Waals surface area contributed by atoms with E-state index in [0.29, 0.717) is 76.1 Å². The molecule has 1 unspecified atom stereocenters. The zero-order chi connectivity index (χ0) is 31.7. The number of rotatable bonds is 12. The van der Waals surface area contributed by atoms with Crippen LogP contribution >= 0.6 is 24.8 Å². The van der Waals surface area contributed by atoms with Gasteiger partial charge >= 0.3 is 0 Å². The van der Waals surface area contributed by atoms with Crippen molar-refractivity contribution in [1.29, 1.82) is 0 Å². The van der Waals surface area contributed by atoms with Crippen LogP contribution in [0.5, 0.6) is 0 Å². The van der Waals surface area contributed by atoms with E-state index in [0.717, 1.165) is 12.8 Å². The Morgan fingerprint density at radius 3 is 2.59 bits per heavy atom. The highest BCUT2D eigenvalue weighted by molar-refractivity contribution is 5.98. The molecule has 2 aliphatic rings. The third-order valence-electron chi connectivity index (χ3n) is 8.20. The van der Waals surface area contributed by atoms with Crippen LogP contribution in [0.4, 0.5) is 5.82 Å². The number of methoxy groups -OCH3 is 1. The molecule has 0 radical (unpaired) electrons. The molecule has 10 nitrogen and oxygen atoms in total. The van der Waals surface area contributed by atoms with Gasteiger partial charge in [0.15, 0.2) is 0 Å². The first-order valence-corrected chi connectivity index (χ1v) is 16.1. The Labute approximate surface area is 287 Å². The Morgan fingerprint density at radius 1 is 1.17 bits per heavy atom. The Balaban J connectivity index is 0.00000368. The van der Waals surface area contributed by atoms with E-state index in [-0.39, 0.29) is 66.0 Å². The molecule has 2 N–H and O–H groups in total. The Morgan fingerprint density at radius 2 is 1.91 bits per heavy atom. The highest BCUT2D eigenvalue weighted by Gasteiger charge is 2.37. The number of nitrogens with one attached hydrogen (secondary N) is 2. The van der Waals surface area contributed by atoms with Gasteiger partial charge in [0.05, 0.1) is 18.6 Å². The standard InChI is InChI=1S/C34H52N6O4.2ClH/c1-24(2)22-40(32(42)29-21-37-33(34(3,4)5)38-30(29)36-13-10-15-43-6)27-18-26(19-35-20-27)31(41)39-14-16-44-28(23-39)17-25-11-8-7-9-12-25;;/h7-9,11-12,21,24,26-28,35H,10,13-20,22-23H2,1-6H3,(H,36,37,38);2*1H/t26-,27+,28?;;/m1../s1. The number of benzene rings is 1. The van der Waals surface area contributed by atoms with Gasteiger partial charge in [-0.05, 0) is 24.3 Å². The van der Waals surface area contributed by atoms with E-state index in [1.54, 1.807) is 13.3 Å². The van der Waals surface area contributed by atoms with Crippen molar-refractivity contribution in [2.24, 2.45) is 11.8 Å². The van der Waals surface area contributed by atoms with E-state index in [1.165, 1.54) is 5.56 Å². The van der Waals surface area contributed by atoms with Crippen LogP contribution in [0.25, 0.3) is 0 Å². The first kappa shape index (κ1) is 39.7.